The largest absolute Gasteiger partial charge is 0.383 e. The Morgan fingerprint density at radius 3 is 2.37 bits per heavy atom. The molecule has 0 saturated carbocycles. The summed E-state index contributed by atoms with van der Waals surface area (Å²) < 4.78 is 6.08. The van der Waals surface area contributed by atoms with Crippen molar-refractivity contribution in [1.29, 1.82) is 0 Å². The fourth-order valence-electron chi connectivity index (χ4n) is 2.70. The molecule has 30 heavy (non-hydrogen) atoms. The fourth-order valence-corrected chi connectivity index (χ4v) is 3.01. The number of nitrogens with zero attached hydrogens (tertiary/aromatic N) is 1. The van der Waals surface area contributed by atoms with Gasteiger partial charge >= 0.3 is 11.8 Å². The summed E-state index contributed by atoms with van der Waals surface area (Å²) in [6, 6.07) is 13.0. The van der Waals surface area contributed by atoms with Gasteiger partial charge in [0.15, 0.2) is 0 Å². The number of hydrogen-bond donors (Lipinski definition) is 3. The van der Waals surface area contributed by atoms with Crippen LogP contribution in [0.25, 0.3) is 10.9 Å². The van der Waals surface area contributed by atoms with Crippen LogP contribution in [0.5, 0.6) is 0 Å². The molecule has 0 radical (unpaired) electrons. The average Bonchev–Trinajstić information content (AvgIpc) is 3.07. The van der Waals surface area contributed by atoms with Gasteiger partial charge in [-0.3, -0.25) is 19.8 Å². The van der Waals surface area contributed by atoms with E-state index in [1.54, 1.807) is 48.5 Å². The Morgan fingerprint density at radius 1 is 0.967 bits per heavy atom. The van der Waals surface area contributed by atoms with Crippen LogP contribution in [0.15, 0.2) is 48.5 Å². The molecule has 0 aliphatic carbocycles. The van der Waals surface area contributed by atoms with Crippen LogP contribution >= 0.6 is 23.2 Å². The number of fused-ring (bicyclic) bond motifs is 1. The zero-order valence-corrected chi connectivity index (χ0v) is 17.4. The molecule has 0 bridgehead atoms. The first kappa shape index (κ1) is 21.6. The lowest BCUT2D eigenvalue weighted by atomic mass is 10.2. The minimum absolute atomic E-state index is 0.111. The maximum Gasteiger partial charge on any atom is 0.328 e. The first-order valence-electron chi connectivity index (χ1n) is 8.85. The summed E-state index contributed by atoms with van der Waals surface area (Å²) in [6.07, 6.45) is 0. The molecular weight excluding hydrogens is 431 g/mol. The van der Waals surface area contributed by atoms with Crippen molar-refractivity contribution >= 4 is 57.5 Å². The molecule has 2 aromatic carbocycles. The van der Waals surface area contributed by atoms with E-state index in [-0.39, 0.29) is 18.8 Å². The number of rotatable bonds is 6. The van der Waals surface area contributed by atoms with Gasteiger partial charge in [0, 0.05) is 34.8 Å². The van der Waals surface area contributed by atoms with Crippen molar-refractivity contribution in [3.05, 3.63) is 64.3 Å². The molecule has 1 heterocycles. The molecule has 3 aromatic rings. The van der Waals surface area contributed by atoms with Crippen LogP contribution in [0.1, 0.15) is 10.5 Å². The van der Waals surface area contributed by atoms with Crippen molar-refractivity contribution < 1.29 is 19.1 Å². The lowest BCUT2D eigenvalue weighted by Crippen LogP contribution is -2.40. The molecule has 0 fully saturated rings. The predicted octanol–water partition coefficient (Wildman–Crippen LogP) is 3.03. The normalized spacial score (nSPS) is 10.6. The van der Waals surface area contributed by atoms with E-state index in [4.69, 9.17) is 27.9 Å². The van der Waals surface area contributed by atoms with Gasteiger partial charge in [0.1, 0.15) is 5.69 Å². The van der Waals surface area contributed by atoms with Gasteiger partial charge in [0.05, 0.1) is 12.1 Å². The number of methoxy groups -OCH3 is 1. The first-order chi connectivity index (χ1) is 14.4. The molecule has 8 nitrogen and oxygen atoms in total. The number of nitrogens with one attached hydrogen (secondary N) is 3. The van der Waals surface area contributed by atoms with Gasteiger partial charge in [0.2, 0.25) is 0 Å². The van der Waals surface area contributed by atoms with Crippen molar-refractivity contribution in [3.8, 4) is 0 Å². The molecule has 0 aliphatic rings. The zero-order chi connectivity index (χ0) is 21.7. The number of carbonyl (C=O) groups excluding carboxylic acids is 3. The Labute approximate surface area is 182 Å². The lowest BCUT2D eigenvalue weighted by Gasteiger charge is -2.12. The van der Waals surface area contributed by atoms with Gasteiger partial charge in [0.25, 0.3) is 5.91 Å². The van der Waals surface area contributed by atoms with Crippen LogP contribution in [0.3, 0.4) is 0 Å². The highest BCUT2D eigenvalue weighted by atomic mass is 35.5. The number of hydrogen-bond acceptors (Lipinski definition) is 4. The van der Waals surface area contributed by atoms with Crippen molar-refractivity contribution in [2.45, 2.75) is 0 Å². The molecule has 3 rings (SSSR count). The molecule has 156 valence electrons. The van der Waals surface area contributed by atoms with E-state index in [2.05, 4.69) is 16.1 Å². The second kappa shape index (κ2) is 9.62. The SMILES string of the molecule is COCCNC(=O)C(=O)Nn1c(C(=O)Nc2ccc(Cl)cc2)cc2cc(Cl)ccc21. The Kier molecular flexibility index (Phi) is 6.94. The third-order valence-corrected chi connectivity index (χ3v) is 4.60. The summed E-state index contributed by atoms with van der Waals surface area (Å²) in [5, 5.41) is 6.76. The Hall–Kier alpha value is -3.07. The number of carbonyl (C=O) groups is 3. The second-order valence-corrected chi connectivity index (χ2v) is 7.09. The van der Waals surface area contributed by atoms with E-state index in [0.717, 1.165) is 0 Å². The molecule has 1 aromatic heterocycles. The second-order valence-electron chi connectivity index (χ2n) is 6.22. The van der Waals surface area contributed by atoms with Crippen molar-refractivity contribution in [2.75, 3.05) is 31.0 Å². The fraction of sp³-hybridized carbons (Fsp3) is 0.150. The number of ether oxygens (including phenoxy) is 1. The highest BCUT2D eigenvalue weighted by Crippen LogP contribution is 2.24. The minimum atomic E-state index is -0.931. The molecule has 0 spiro atoms. The van der Waals surface area contributed by atoms with Crippen LogP contribution in [-0.4, -0.2) is 42.7 Å². The van der Waals surface area contributed by atoms with Crippen LogP contribution in [0.2, 0.25) is 10.0 Å². The summed E-state index contributed by atoms with van der Waals surface area (Å²) in [5.74, 6) is -2.28. The van der Waals surface area contributed by atoms with Crippen molar-refractivity contribution in [3.63, 3.8) is 0 Å². The molecular formula is C20H18Cl2N4O4. The highest BCUT2D eigenvalue weighted by Gasteiger charge is 2.21. The monoisotopic (exact) mass is 448 g/mol. The molecule has 0 atom stereocenters. The maximum atomic E-state index is 12.9. The van der Waals surface area contributed by atoms with Gasteiger partial charge in [-0.15, -0.1) is 0 Å². The summed E-state index contributed by atoms with van der Waals surface area (Å²) in [7, 11) is 1.48. The summed E-state index contributed by atoms with van der Waals surface area (Å²) in [5.41, 5.74) is 3.58. The smallest absolute Gasteiger partial charge is 0.328 e. The minimum Gasteiger partial charge on any atom is -0.383 e. The molecule has 3 N–H and O–H groups in total. The number of anilines is 1. The summed E-state index contributed by atoms with van der Waals surface area (Å²) in [4.78, 5) is 37.2. The van der Waals surface area contributed by atoms with Gasteiger partial charge in [-0.2, -0.15) is 0 Å². The van der Waals surface area contributed by atoms with Crippen molar-refractivity contribution in [2.24, 2.45) is 0 Å². The zero-order valence-electron chi connectivity index (χ0n) is 15.9. The van der Waals surface area contributed by atoms with E-state index in [1.807, 2.05) is 0 Å². The predicted molar refractivity (Wildman–Crippen MR) is 116 cm³/mol. The van der Waals surface area contributed by atoms with E-state index in [0.29, 0.717) is 26.6 Å². The Morgan fingerprint density at radius 2 is 1.67 bits per heavy atom. The van der Waals surface area contributed by atoms with Crippen LogP contribution < -0.4 is 16.1 Å². The molecule has 0 unspecified atom stereocenters. The van der Waals surface area contributed by atoms with E-state index in [9.17, 15) is 14.4 Å². The van der Waals surface area contributed by atoms with E-state index < -0.39 is 17.7 Å². The van der Waals surface area contributed by atoms with Crippen LogP contribution in [0, 0.1) is 0 Å². The maximum absolute atomic E-state index is 12.9. The quantitative estimate of drug-likeness (QED) is 0.398. The molecule has 3 amide bonds. The van der Waals surface area contributed by atoms with Gasteiger partial charge in [-0.1, -0.05) is 23.2 Å². The number of halogens is 2. The third-order valence-electron chi connectivity index (χ3n) is 4.11. The average molecular weight is 449 g/mol. The van der Waals surface area contributed by atoms with Crippen LogP contribution in [0.4, 0.5) is 5.69 Å². The molecule has 10 heteroatoms. The van der Waals surface area contributed by atoms with Gasteiger partial charge in [-0.05, 0) is 48.5 Å². The molecule has 0 aliphatic heterocycles. The Balaban J connectivity index is 1.89. The topological polar surface area (TPSA) is 101 Å². The highest BCUT2D eigenvalue weighted by molar-refractivity contribution is 6.38. The van der Waals surface area contributed by atoms with Gasteiger partial charge < -0.3 is 15.4 Å². The number of aromatic nitrogens is 1. The lowest BCUT2D eigenvalue weighted by molar-refractivity contribution is -0.136. The van der Waals surface area contributed by atoms with Crippen molar-refractivity contribution in [1.82, 2.24) is 9.99 Å². The van der Waals surface area contributed by atoms with Crippen LogP contribution in [-0.2, 0) is 14.3 Å². The molecule has 0 saturated heterocycles. The van der Waals surface area contributed by atoms with E-state index >= 15 is 0 Å². The van der Waals surface area contributed by atoms with Gasteiger partial charge in [-0.25, -0.2) is 4.68 Å². The number of benzene rings is 2. The third kappa shape index (κ3) is 5.10. The number of amides is 3. The summed E-state index contributed by atoms with van der Waals surface area (Å²) in [6.45, 7) is 0.438. The first-order valence-corrected chi connectivity index (χ1v) is 9.60. The van der Waals surface area contributed by atoms with E-state index in [1.165, 1.54) is 11.8 Å². The Bertz CT molecular complexity index is 1100. The summed E-state index contributed by atoms with van der Waals surface area (Å²) >= 11 is 11.9. The standard InChI is InChI=1S/C20H18Cl2N4O4/c1-30-9-8-23-19(28)20(29)25-26-16-7-4-14(22)10-12(16)11-17(26)18(27)24-15-5-2-13(21)3-6-15/h2-7,10-11H,8-9H2,1H3,(H,23,28)(H,24,27)(H,25,29).